The molecule has 13 nitrogen and oxygen atoms in total. The Labute approximate surface area is 212 Å². The highest BCUT2D eigenvalue weighted by Gasteiger charge is 1.93. The van der Waals surface area contributed by atoms with E-state index in [9.17, 15) is 14.4 Å². The number of ether oxygens (including phenoxy) is 3. The van der Waals surface area contributed by atoms with Gasteiger partial charge in [0, 0.05) is 16.7 Å². The predicted octanol–water partition coefficient (Wildman–Crippen LogP) is 0.323. The van der Waals surface area contributed by atoms with E-state index in [-0.39, 0.29) is 37.6 Å². The average molecular weight is 529 g/mol. The van der Waals surface area contributed by atoms with Gasteiger partial charge in [0.1, 0.15) is 0 Å². The second kappa shape index (κ2) is 36.9. The fourth-order valence-electron chi connectivity index (χ4n) is 0.794. The van der Waals surface area contributed by atoms with Gasteiger partial charge in [-0.25, -0.2) is 14.4 Å². The minimum atomic E-state index is -0.935. The maximum absolute atomic E-state index is 9.86. The standard InChI is InChI=1S/C8H18O5.C5H8O2.2C4H6O2.C2H6O2/c9-1-3-11-5-7-13-8-6-12-4-2-10;1-3-4(2)5(6)7;2*1-3(2)4(5)6;3-1-2-4/h9-10H,1-8H2;3H,1-2H3,(H,6,7);2*1H2,2H3,(H,5,6);3-4H,1-2H2. The van der Waals surface area contributed by atoms with Gasteiger partial charge in [0.2, 0.25) is 0 Å². The summed E-state index contributed by atoms with van der Waals surface area (Å²) in [6.07, 6.45) is 1.56. The number of aliphatic hydroxyl groups is 4. The van der Waals surface area contributed by atoms with E-state index in [2.05, 4.69) is 13.2 Å². The summed E-state index contributed by atoms with van der Waals surface area (Å²) in [6.45, 7) is 15.0. The van der Waals surface area contributed by atoms with Crippen molar-refractivity contribution >= 4 is 17.9 Å². The zero-order valence-electron chi connectivity index (χ0n) is 21.6. The van der Waals surface area contributed by atoms with Gasteiger partial charge in [-0.3, -0.25) is 0 Å². The van der Waals surface area contributed by atoms with Crippen LogP contribution >= 0.6 is 0 Å². The van der Waals surface area contributed by atoms with Crippen molar-refractivity contribution < 1.29 is 64.3 Å². The summed E-state index contributed by atoms with van der Waals surface area (Å²) >= 11 is 0. The normalized spacial score (nSPS) is 9.39. The molecule has 0 aromatic rings. The SMILES string of the molecule is C=C(C)C(=O)O.C=C(C)C(=O)O.CC=C(C)C(=O)O.OCCO.OCCOCCOCCOCCO. The van der Waals surface area contributed by atoms with Crippen LogP contribution in [-0.4, -0.2) is 120 Å². The Hall–Kier alpha value is -2.65. The Morgan fingerprint density at radius 3 is 0.944 bits per heavy atom. The Kier molecular flexibility index (Phi) is 44.5. The third-order valence-corrected chi connectivity index (χ3v) is 2.82. The molecule has 0 bridgehead atoms. The van der Waals surface area contributed by atoms with Crippen LogP contribution in [0.5, 0.6) is 0 Å². The number of rotatable bonds is 14. The van der Waals surface area contributed by atoms with Crippen molar-refractivity contribution in [3.05, 3.63) is 36.0 Å². The first-order valence-electron chi connectivity index (χ1n) is 10.6. The molecule has 13 heteroatoms. The number of carbonyl (C=O) groups is 3. The monoisotopic (exact) mass is 528 g/mol. The van der Waals surface area contributed by atoms with Gasteiger partial charge in [-0.05, 0) is 27.7 Å². The number of carboxylic acids is 3. The molecule has 0 amide bonds. The average Bonchev–Trinajstić information content (AvgIpc) is 2.83. The number of aliphatic hydroxyl groups excluding tert-OH is 4. The predicted molar refractivity (Wildman–Crippen MR) is 133 cm³/mol. The van der Waals surface area contributed by atoms with Gasteiger partial charge in [0.15, 0.2) is 0 Å². The Bertz CT molecular complexity index is 527. The smallest absolute Gasteiger partial charge is 0.330 e. The summed E-state index contributed by atoms with van der Waals surface area (Å²) in [6, 6.07) is 0. The number of carboxylic acid groups (broad SMARTS) is 3. The van der Waals surface area contributed by atoms with Crippen LogP contribution < -0.4 is 0 Å². The number of hydrogen-bond donors (Lipinski definition) is 7. The highest BCUT2D eigenvalue weighted by Crippen LogP contribution is 1.88. The third kappa shape index (κ3) is 57.8. The molecule has 0 radical (unpaired) electrons. The first kappa shape index (κ1) is 43.4. The molecule has 0 aliphatic heterocycles. The lowest BCUT2D eigenvalue weighted by Gasteiger charge is -2.04. The molecule has 214 valence electrons. The van der Waals surface area contributed by atoms with E-state index in [1.54, 1.807) is 19.9 Å². The van der Waals surface area contributed by atoms with Crippen molar-refractivity contribution in [1.29, 1.82) is 0 Å². The van der Waals surface area contributed by atoms with Gasteiger partial charge < -0.3 is 50.0 Å². The Morgan fingerprint density at radius 2 is 0.833 bits per heavy atom. The maximum Gasteiger partial charge on any atom is 0.330 e. The third-order valence-electron chi connectivity index (χ3n) is 2.82. The number of allylic oxidation sites excluding steroid dienone is 1. The lowest BCUT2D eigenvalue weighted by molar-refractivity contribution is -0.133. The molecule has 0 saturated heterocycles. The first-order chi connectivity index (χ1) is 16.8. The van der Waals surface area contributed by atoms with Crippen molar-refractivity contribution in [2.45, 2.75) is 27.7 Å². The first-order valence-corrected chi connectivity index (χ1v) is 10.6. The van der Waals surface area contributed by atoms with Gasteiger partial charge in [0.25, 0.3) is 0 Å². The second-order valence-electron chi connectivity index (χ2n) is 6.18. The molecular weight excluding hydrogens is 484 g/mol. The van der Waals surface area contributed by atoms with E-state index in [4.69, 9.17) is 50.0 Å². The van der Waals surface area contributed by atoms with Crippen molar-refractivity contribution in [3.63, 3.8) is 0 Å². The molecule has 0 atom stereocenters. The number of hydrogen-bond acceptors (Lipinski definition) is 10. The van der Waals surface area contributed by atoms with Crippen LogP contribution in [0.1, 0.15) is 27.7 Å². The van der Waals surface area contributed by atoms with Crippen LogP contribution in [0.15, 0.2) is 36.0 Å². The number of aliphatic carboxylic acids is 3. The molecule has 0 rings (SSSR count). The van der Waals surface area contributed by atoms with E-state index in [0.717, 1.165) is 0 Å². The molecule has 36 heavy (non-hydrogen) atoms. The van der Waals surface area contributed by atoms with Crippen LogP contribution in [0, 0.1) is 0 Å². The summed E-state index contributed by atoms with van der Waals surface area (Å²) in [7, 11) is 0. The fraction of sp³-hybridized carbons (Fsp3) is 0.609. The van der Waals surface area contributed by atoms with E-state index in [0.29, 0.717) is 45.2 Å². The molecule has 0 unspecified atom stereocenters. The van der Waals surface area contributed by atoms with Gasteiger partial charge in [0.05, 0.1) is 66.1 Å². The maximum atomic E-state index is 9.86. The quantitative estimate of drug-likeness (QED) is 0.119. The highest BCUT2D eigenvalue weighted by atomic mass is 16.5. The van der Waals surface area contributed by atoms with E-state index >= 15 is 0 Å². The van der Waals surface area contributed by atoms with Gasteiger partial charge in [-0.2, -0.15) is 0 Å². The minimum Gasteiger partial charge on any atom is -0.478 e. The minimum absolute atomic E-state index is 0.0413. The lowest BCUT2D eigenvalue weighted by Crippen LogP contribution is -2.11. The van der Waals surface area contributed by atoms with Crippen LogP contribution in [0.2, 0.25) is 0 Å². The molecule has 0 aliphatic rings. The van der Waals surface area contributed by atoms with Crippen molar-refractivity contribution in [2.75, 3.05) is 66.1 Å². The topological polar surface area (TPSA) is 221 Å². The summed E-state index contributed by atoms with van der Waals surface area (Å²) < 4.78 is 15.0. The summed E-state index contributed by atoms with van der Waals surface area (Å²) in [5.41, 5.74) is 0.741. The van der Waals surface area contributed by atoms with Crippen LogP contribution in [-0.2, 0) is 28.6 Å². The molecule has 0 aliphatic carbocycles. The molecule has 0 spiro atoms. The summed E-state index contributed by atoms with van der Waals surface area (Å²) in [5.74, 6) is -2.72. The van der Waals surface area contributed by atoms with Gasteiger partial charge >= 0.3 is 17.9 Å². The molecule has 0 aromatic carbocycles. The second-order valence-corrected chi connectivity index (χ2v) is 6.18. The van der Waals surface area contributed by atoms with Crippen molar-refractivity contribution in [1.82, 2.24) is 0 Å². The molecule has 7 N–H and O–H groups in total. The lowest BCUT2D eigenvalue weighted by atomic mass is 10.3. The van der Waals surface area contributed by atoms with Gasteiger partial charge in [-0.15, -0.1) is 0 Å². The summed E-state index contributed by atoms with van der Waals surface area (Å²) in [5, 5.41) is 55.9. The molecular formula is C23H44O13. The van der Waals surface area contributed by atoms with E-state index in [1.807, 2.05) is 0 Å². The van der Waals surface area contributed by atoms with Crippen LogP contribution in [0.25, 0.3) is 0 Å². The molecule has 0 heterocycles. The van der Waals surface area contributed by atoms with Crippen molar-refractivity contribution in [3.8, 4) is 0 Å². The van der Waals surface area contributed by atoms with Gasteiger partial charge in [-0.1, -0.05) is 19.2 Å². The Balaban J connectivity index is -0.000000119. The zero-order chi connectivity index (χ0) is 29.4. The van der Waals surface area contributed by atoms with Crippen LogP contribution in [0.3, 0.4) is 0 Å². The Morgan fingerprint density at radius 1 is 0.583 bits per heavy atom. The molecule has 0 saturated carbocycles. The van der Waals surface area contributed by atoms with E-state index in [1.165, 1.54) is 13.8 Å². The van der Waals surface area contributed by atoms with E-state index < -0.39 is 17.9 Å². The molecule has 0 fully saturated rings. The largest absolute Gasteiger partial charge is 0.478 e. The molecule has 0 aromatic heterocycles. The van der Waals surface area contributed by atoms with Crippen molar-refractivity contribution in [2.24, 2.45) is 0 Å². The fourth-order valence-corrected chi connectivity index (χ4v) is 0.794. The summed E-state index contributed by atoms with van der Waals surface area (Å²) in [4.78, 5) is 29.1. The highest BCUT2D eigenvalue weighted by molar-refractivity contribution is 5.85. The van der Waals surface area contributed by atoms with Crippen LogP contribution in [0.4, 0.5) is 0 Å². The zero-order valence-corrected chi connectivity index (χ0v) is 21.6.